The highest BCUT2D eigenvalue weighted by molar-refractivity contribution is 5.56. The van der Waals surface area contributed by atoms with Crippen molar-refractivity contribution in [2.45, 2.75) is 6.42 Å². The van der Waals surface area contributed by atoms with Crippen LogP contribution >= 0.6 is 0 Å². The second-order valence-electron chi connectivity index (χ2n) is 2.31. The first-order chi connectivity index (χ1) is 4.79. The summed E-state index contributed by atoms with van der Waals surface area (Å²) >= 11 is 0. The molecule has 0 aliphatic carbocycles. The Morgan fingerprint density at radius 3 is 3.10 bits per heavy atom. The molecule has 4 nitrogen and oxygen atoms in total. The van der Waals surface area contributed by atoms with Gasteiger partial charge in [0.2, 0.25) is 0 Å². The van der Waals surface area contributed by atoms with Gasteiger partial charge in [0.15, 0.2) is 0 Å². The smallest absolute Gasteiger partial charge is 0.450 e. The first-order valence-electron chi connectivity index (χ1n) is 3.22. The van der Waals surface area contributed by atoms with Crippen LogP contribution in [0.25, 0.3) is 0 Å². The van der Waals surface area contributed by atoms with Gasteiger partial charge in [0, 0.05) is 12.5 Å². The van der Waals surface area contributed by atoms with Crippen molar-refractivity contribution >= 4 is 6.16 Å². The van der Waals surface area contributed by atoms with Crippen LogP contribution in [0.3, 0.4) is 0 Å². The van der Waals surface area contributed by atoms with Crippen LogP contribution in [-0.4, -0.2) is 31.1 Å². The monoisotopic (exact) mass is 146 g/mol. The molecule has 0 spiro atoms. The van der Waals surface area contributed by atoms with Crippen molar-refractivity contribution in [2.75, 3.05) is 19.8 Å². The molecular formula is C6H10O4. The fraction of sp³-hybridized carbons (Fsp3) is 0.833. The molecule has 0 aromatic carbocycles. The molecule has 1 aliphatic rings. The van der Waals surface area contributed by atoms with Gasteiger partial charge in [-0.2, -0.15) is 0 Å². The Kier molecular flexibility index (Phi) is 2.50. The summed E-state index contributed by atoms with van der Waals surface area (Å²) < 4.78 is 9.38. The van der Waals surface area contributed by atoms with Gasteiger partial charge < -0.3 is 14.6 Å². The van der Waals surface area contributed by atoms with Gasteiger partial charge in [-0.15, -0.1) is 0 Å². The number of rotatable bonds is 2. The van der Waals surface area contributed by atoms with Gasteiger partial charge in [-0.3, -0.25) is 0 Å². The summed E-state index contributed by atoms with van der Waals surface area (Å²) in [7, 11) is 0. The lowest BCUT2D eigenvalue weighted by molar-refractivity contribution is 0.0733. The van der Waals surface area contributed by atoms with E-state index in [0.29, 0.717) is 6.61 Å². The fourth-order valence-electron chi connectivity index (χ4n) is 0.904. The molecule has 1 aliphatic heterocycles. The molecule has 10 heavy (non-hydrogen) atoms. The Balaban J connectivity index is 2.07. The summed E-state index contributed by atoms with van der Waals surface area (Å²) in [6, 6.07) is 0. The molecule has 1 fully saturated rings. The van der Waals surface area contributed by atoms with E-state index in [1.54, 1.807) is 0 Å². The predicted molar refractivity (Wildman–Crippen MR) is 32.9 cm³/mol. The maximum atomic E-state index is 9.89. The average Bonchev–Trinajstić information content (AvgIpc) is 2.34. The van der Waals surface area contributed by atoms with E-state index in [4.69, 9.17) is 9.84 Å². The minimum Gasteiger partial charge on any atom is -0.450 e. The molecule has 4 heteroatoms. The molecule has 1 N–H and O–H groups in total. The van der Waals surface area contributed by atoms with Crippen molar-refractivity contribution in [1.82, 2.24) is 0 Å². The lowest BCUT2D eigenvalue weighted by atomic mass is 10.1. The van der Waals surface area contributed by atoms with Crippen molar-refractivity contribution in [3.05, 3.63) is 0 Å². The van der Waals surface area contributed by atoms with Crippen molar-refractivity contribution in [1.29, 1.82) is 0 Å². The quantitative estimate of drug-likeness (QED) is 0.583. The molecule has 0 aromatic rings. The van der Waals surface area contributed by atoms with E-state index in [0.717, 1.165) is 13.0 Å². The first kappa shape index (κ1) is 7.34. The normalized spacial score (nSPS) is 24.6. The molecule has 1 atom stereocenters. The van der Waals surface area contributed by atoms with Gasteiger partial charge in [-0.1, -0.05) is 0 Å². The standard InChI is InChI=1S/C6H10O4/c7-6(8)10-4-5-1-2-9-3-5/h5H,1-4H2,(H,7,8). The Labute approximate surface area is 58.7 Å². The molecule has 1 heterocycles. The third-order valence-electron chi connectivity index (χ3n) is 1.47. The minimum absolute atomic E-state index is 0.273. The Bertz CT molecular complexity index is 117. The molecule has 0 radical (unpaired) electrons. The van der Waals surface area contributed by atoms with Crippen molar-refractivity contribution in [3.8, 4) is 0 Å². The zero-order valence-corrected chi connectivity index (χ0v) is 5.58. The third kappa shape index (κ3) is 2.23. The molecule has 1 unspecified atom stereocenters. The molecule has 1 rings (SSSR count). The van der Waals surface area contributed by atoms with Crippen LogP contribution in [0.2, 0.25) is 0 Å². The molecular weight excluding hydrogens is 136 g/mol. The zero-order chi connectivity index (χ0) is 7.40. The first-order valence-corrected chi connectivity index (χ1v) is 3.22. The topological polar surface area (TPSA) is 55.8 Å². The predicted octanol–water partition coefficient (Wildman–Crippen LogP) is 0.718. The van der Waals surface area contributed by atoms with Crippen LogP contribution in [0.5, 0.6) is 0 Å². The van der Waals surface area contributed by atoms with E-state index in [9.17, 15) is 4.79 Å². The summed E-state index contributed by atoms with van der Waals surface area (Å²) in [6.45, 7) is 1.64. The molecule has 0 amide bonds. The second kappa shape index (κ2) is 3.41. The third-order valence-corrected chi connectivity index (χ3v) is 1.47. The van der Waals surface area contributed by atoms with E-state index in [1.807, 2.05) is 0 Å². The van der Waals surface area contributed by atoms with E-state index in [1.165, 1.54) is 0 Å². The number of carbonyl (C=O) groups is 1. The van der Waals surface area contributed by atoms with Gasteiger partial charge >= 0.3 is 6.16 Å². The Morgan fingerprint density at radius 1 is 1.80 bits per heavy atom. The fourth-order valence-corrected chi connectivity index (χ4v) is 0.904. The van der Waals surface area contributed by atoms with Gasteiger partial charge in [0.05, 0.1) is 6.61 Å². The van der Waals surface area contributed by atoms with Crippen LogP contribution < -0.4 is 0 Å². The number of carboxylic acid groups (broad SMARTS) is 1. The van der Waals surface area contributed by atoms with E-state index in [-0.39, 0.29) is 12.5 Å². The number of hydrogen-bond donors (Lipinski definition) is 1. The lowest BCUT2D eigenvalue weighted by Gasteiger charge is -2.04. The van der Waals surface area contributed by atoms with Crippen molar-refractivity contribution in [3.63, 3.8) is 0 Å². The molecule has 58 valence electrons. The van der Waals surface area contributed by atoms with E-state index in [2.05, 4.69) is 4.74 Å². The summed E-state index contributed by atoms with van der Waals surface area (Å²) in [5.74, 6) is 0.274. The zero-order valence-electron chi connectivity index (χ0n) is 5.58. The molecule has 1 saturated heterocycles. The van der Waals surface area contributed by atoms with Crippen LogP contribution in [0, 0.1) is 5.92 Å². The Morgan fingerprint density at radius 2 is 2.60 bits per heavy atom. The maximum absolute atomic E-state index is 9.89. The summed E-state index contributed by atoms with van der Waals surface area (Å²) in [4.78, 5) is 9.89. The maximum Gasteiger partial charge on any atom is 0.505 e. The highest BCUT2D eigenvalue weighted by Gasteiger charge is 2.16. The summed E-state index contributed by atoms with van der Waals surface area (Å²) in [6.07, 6.45) is -0.292. The SMILES string of the molecule is O=C(O)OCC1CCOC1. The minimum atomic E-state index is -1.20. The molecule has 0 aromatic heterocycles. The van der Waals surface area contributed by atoms with Crippen LogP contribution in [0.4, 0.5) is 4.79 Å². The highest BCUT2D eigenvalue weighted by atomic mass is 16.7. The number of ether oxygens (including phenoxy) is 2. The van der Waals surface area contributed by atoms with Crippen molar-refractivity contribution in [2.24, 2.45) is 5.92 Å². The molecule has 0 bridgehead atoms. The van der Waals surface area contributed by atoms with Crippen LogP contribution in [0.15, 0.2) is 0 Å². The van der Waals surface area contributed by atoms with Crippen LogP contribution in [0.1, 0.15) is 6.42 Å². The highest BCUT2D eigenvalue weighted by Crippen LogP contribution is 2.11. The van der Waals surface area contributed by atoms with E-state index >= 15 is 0 Å². The van der Waals surface area contributed by atoms with Crippen molar-refractivity contribution < 1.29 is 19.4 Å². The summed E-state index contributed by atoms with van der Waals surface area (Å²) in [5.41, 5.74) is 0. The van der Waals surface area contributed by atoms with E-state index < -0.39 is 6.16 Å². The molecule has 0 saturated carbocycles. The number of hydrogen-bond acceptors (Lipinski definition) is 3. The van der Waals surface area contributed by atoms with Gasteiger partial charge in [0.25, 0.3) is 0 Å². The van der Waals surface area contributed by atoms with Gasteiger partial charge in [-0.05, 0) is 6.42 Å². The van der Waals surface area contributed by atoms with Gasteiger partial charge in [-0.25, -0.2) is 4.79 Å². The largest absolute Gasteiger partial charge is 0.505 e. The Hall–Kier alpha value is -0.770. The van der Waals surface area contributed by atoms with Crippen LogP contribution in [-0.2, 0) is 9.47 Å². The summed E-state index contributed by atoms with van der Waals surface area (Å²) in [5, 5.41) is 8.11. The van der Waals surface area contributed by atoms with Gasteiger partial charge in [0.1, 0.15) is 6.61 Å². The lowest BCUT2D eigenvalue weighted by Crippen LogP contribution is -2.12. The average molecular weight is 146 g/mol. The second-order valence-corrected chi connectivity index (χ2v) is 2.31.